The third-order valence-corrected chi connectivity index (χ3v) is 5.72. The fourth-order valence-corrected chi connectivity index (χ4v) is 4.67. The van der Waals surface area contributed by atoms with Gasteiger partial charge in [0.2, 0.25) is 10.0 Å². The molecule has 2 rings (SSSR count). The number of nitrogens with zero attached hydrogens (tertiary/aromatic N) is 3. The SMILES string of the molecule is CC(C)CN(C1CCCC1)S(=O)(=O)c1cnn(CCN)c1. The predicted octanol–water partition coefficient (Wildman–Crippen LogP) is 1.43. The first-order valence-electron chi connectivity index (χ1n) is 7.69. The Labute approximate surface area is 127 Å². The molecule has 120 valence electrons. The van der Waals surface area contributed by atoms with Gasteiger partial charge in [-0.3, -0.25) is 4.68 Å². The van der Waals surface area contributed by atoms with Gasteiger partial charge < -0.3 is 5.73 Å². The van der Waals surface area contributed by atoms with Crippen molar-refractivity contribution in [3.8, 4) is 0 Å². The van der Waals surface area contributed by atoms with Gasteiger partial charge in [0.15, 0.2) is 0 Å². The number of nitrogens with two attached hydrogens (primary N) is 1. The smallest absolute Gasteiger partial charge is 0.246 e. The molecule has 1 aromatic rings. The first-order valence-corrected chi connectivity index (χ1v) is 9.13. The molecular formula is C14H26N4O2S. The molecule has 0 bridgehead atoms. The van der Waals surface area contributed by atoms with E-state index in [4.69, 9.17) is 5.73 Å². The Morgan fingerprint density at radius 2 is 2.10 bits per heavy atom. The number of sulfonamides is 1. The summed E-state index contributed by atoms with van der Waals surface area (Å²) in [5.41, 5.74) is 5.48. The second-order valence-corrected chi connectivity index (χ2v) is 8.03. The molecule has 1 aliphatic rings. The van der Waals surface area contributed by atoms with Crippen LogP contribution in [0.15, 0.2) is 17.3 Å². The van der Waals surface area contributed by atoms with Crippen LogP contribution in [0.5, 0.6) is 0 Å². The average molecular weight is 314 g/mol. The van der Waals surface area contributed by atoms with E-state index in [1.165, 1.54) is 6.20 Å². The van der Waals surface area contributed by atoms with Gasteiger partial charge in [-0.2, -0.15) is 9.40 Å². The summed E-state index contributed by atoms with van der Waals surface area (Å²) in [6.07, 6.45) is 7.17. The molecule has 0 atom stereocenters. The summed E-state index contributed by atoms with van der Waals surface area (Å²) in [5, 5.41) is 4.09. The van der Waals surface area contributed by atoms with Crippen LogP contribution < -0.4 is 5.73 Å². The topological polar surface area (TPSA) is 81.2 Å². The minimum atomic E-state index is -3.47. The van der Waals surface area contributed by atoms with Crippen molar-refractivity contribution in [1.82, 2.24) is 14.1 Å². The number of hydrogen-bond acceptors (Lipinski definition) is 4. The Morgan fingerprint density at radius 1 is 1.43 bits per heavy atom. The van der Waals surface area contributed by atoms with Gasteiger partial charge in [0.1, 0.15) is 4.90 Å². The van der Waals surface area contributed by atoms with E-state index in [2.05, 4.69) is 18.9 Å². The summed E-state index contributed by atoms with van der Waals surface area (Å²) in [7, 11) is -3.47. The minimum Gasteiger partial charge on any atom is -0.329 e. The lowest BCUT2D eigenvalue weighted by Gasteiger charge is -2.29. The molecule has 0 saturated heterocycles. The maximum Gasteiger partial charge on any atom is 0.246 e. The van der Waals surface area contributed by atoms with E-state index in [9.17, 15) is 8.42 Å². The summed E-state index contributed by atoms with van der Waals surface area (Å²) in [4.78, 5) is 0.281. The molecule has 6 nitrogen and oxygen atoms in total. The van der Waals surface area contributed by atoms with E-state index in [-0.39, 0.29) is 10.9 Å². The van der Waals surface area contributed by atoms with Crippen molar-refractivity contribution in [3.05, 3.63) is 12.4 Å². The second kappa shape index (κ2) is 6.89. The van der Waals surface area contributed by atoms with Crippen molar-refractivity contribution in [2.45, 2.75) is 57.0 Å². The van der Waals surface area contributed by atoms with E-state index >= 15 is 0 Å². The molecule has 7 heteroatoms. The standard InChI is InChI=1S/C14H26N4O2S/c1-12(2)10-18(13-5-3-4-6-13)21(19,20)14-9-16-17(11-14)8-7-15/h9,11-13H,3-8,10,15H2,1-2H3. The van der Waals surface area contributed by atoms with Gasteiger partial charge in [-0.1, -0.05) is 26.7 Å². The zero-order chi connectivity index (χ0) is 15.5. The maximum atomic E-state index is 12.9. The van der Waals surface area contributed by atoms with Crippen molar-refractivity contribution in [2.24, 2.45) is 11.7 Å². The maximum absolute atomic E-state index is 12.9. The van der Waals surface area contributed by atoms with Gasteiger partial charge in [-0.05, 0) is 18.8 Å². The number of rotatable bonds is 7. The van der Waals surface area contributed by atoms with Gasteiger partial charge in [-0.25, -0.2) is 8.42 Å². The zero-order valence-corrected chi connectivity index (χ0v) is 13.7. The molecule has 1 aromatic heterocycles. The molecule has 0 radical (unpaired) electrons. The van der Waals surface area contributed by atoms with Crippen LogP contribution in [-0.2, 0) is 16.6 Å². The Kier molecular flexibility index (Phi) is 5.40. The van der Waals surface area contributed by atoms with Crippen LogP contribution in [0.1, 0.15) is 39.5 Å². The van der Waals surface area contributed by atoms with Crippen LogP contribution in [0, 0.1) is 5.92 Å². The molecule has 21 heavy (non-hydrogen) atoms. The fraction of sp³-hybridized carbons (Fsp3) is 0.786. The lowest BCUT2D eigenvalue weighted by atomic mass is 10.2. The van der Waals surface area contributed by atoms with Crippen molar-refractivity contribution in [2.75, 3.05) is 13.1 Å². The largest absolute Gasteiger partial charge is 0.329 e. The normalized spacial score (nSPS) is 17.2. The van der Waals surface area contributed by atoms with Crippen molar-refractivity contribution in [3.63, 3.8) is 0 Å². The molecule has 0 amide bonds. The molecule has 0 spiro atoms. The molecule has 0 aliphatic heterocycles. The highest BCUT2D eigenvalue weighted by Crippen LogP contribution is 2.29. The molecule has 0 unspecified atom stereocenters. The van der Waals surface area contributed by atoms with Crippen LogP contribution >= 0.6 is 0 Å². The molecule has 1 saturated carbocycles. The molecule has 1 fully saturated rings. The lowest BCUT2D eigenvalue weighted by Crippen LogP contribution is -2.41. The Morgan fingerprint density at radius 3 is 2.67 bits per heavy atom. The van der Waals surface area contributed by atoms with E-state index in [0.717, 1.165) is 25.7 Å². The molecule has 1 aliphatic carbocycles. The van der Waals surface area contributed by atoms with Crippen LogP contribution in [0.3, 0.4) is 0 Å². The summed E-state index contributed by atoms with van der Waals surface area (Å²) >= 11 is 0. The van der Waals surface area contributed by atoms with Crippen LogP contribution in [0.4, 0.5) is 0 Å². The van der Waals surface area contributed by atoms with Gasteiger partial charge in [-0.15, -0.1) is 0 Å². The summed E-state index contributed by atoms with van der Waals surface area (Å²) in [6.45, 7) is 5.64. The monoisotopic (exact) mass is 314 g/mol. The zero-order valence-electron chi connectivity index (χ0n) is 12.9. The Bertz CT molecular complexity index is 547. The van der Waals surface area contributed by atoms with E-state index < -0.39 is 10.0 Å². The molecule has 0 aromatic carbocycles. The van der Waals surface area contributed by atoms with E-state index in [1.807, 2.05) is 0 Å². The predicted molar refractivity (Wildman–Crippen MR) is 82.3 cm³/mol. The highest BCUT2D eigenvalue weighted by molar-refractivity contribution is 7.89. The third kappa shape index (κ3) is 3.84. The lowest BCUT2D eigenvalue weighted by molar-refractivity contribution is 0.292. The number of hydrogen-bond donors (Lipinski definition) is 1. The fourth-order valence-electron chi connectivity index (χ4n) is 2.86. The minimum absolute atomic E-state index is 0.134. The molecular weight excluding hydrogens is 288 g/mol. The molecule has 1 heterocycles. The van der Waals surface area contributed by atoms with Crippen molar-refractivity contribution in [1.29, 1.82) is 0 Å². The summed E-state index contributed by atoms with van der Waals surface area (Å²) in [6, 6.07) is 0.134. The van der Waals surface area contributed by atoms with Crippen molar-refractivity contribution < 1.29 is 8.42 Å². The van der Waals surface area contributed by atoms with Crippen LogP contribution in [-0.4, -0.2) is 41.6 Å². The first-order chi connectivity index (χ1) is 9.95. The third-order valence-electron chi connectivity index (χ3n) is 3.85. The average Bonchev–Trinajstić information content (AvgIpc) is 3.07. The van der Waals surface area contributed by atoms with Crippen LogP contribution in [0.2, 0.25) is 0 Å². The summed E-state index contributed by atoms with van der Waals surface area (Å²) < 4.78 is 29.1. The summed E-state index contributed by atoms with van der Waals surface area (Å²) in [5.74, 6) is 0.305. The van der Waals surface area contributed by atoms with Crippen molar-refractivity contribution >= 4 is 10.0 Å². The van der Waals surface area contributed by atoms with E-state index in [0.29, 0.717) is 25.6 Å². The number of aromatic nitrogens is 2. The van der Waals surface area contributed by atoms with Gasteiger partial charge in [0.05, 0.1) is 12.7 Å². The van der Waals surface area contributed by atoms with Gasteiger partial charge >= 0.3 is 0 Å². The van der Waals surface area contributed by atoms with Crippen LogP contribution in [0.25, 0.3) is 0 Å². The second-order valence-electron chi connectivity index (χ2n) is 6.13. The quantitative estimate of drug-likeness (QED) is 0.825. The highest BCUT2D eigenvalue weighted by Gasteiger charge is 2.34. The highest BCUT2D eigenvalue weighted by atomic mass is 32.2. The first kappa shape index (κ1) is 16.5. The Hall–Kier alpha value is -0.920. The van der Waals surface area contributed by atoms with Gasteiger partial charge in [0.25, 0.3) is 0 Å². The van der Waals surface area contributed by atoms with Gasteiger partial charge in [0, 0.05) is 25.3 Å². The Balaban J connectivity index is 2.26. The van der Waals surface area contributed by atoms with E-state index in [1.54, 1.807) is 15.2 Å². The molecule has 2 N–H and O–H groups in total.